The summed E-state index contributed by atoms with van der Waals surface area (Å²) in [5.41, 5.74) is 5.45. The molecule has 1 nitrogen and oxygen atoms in total. The van der Waals surface area contributed by atoms with Crippen LogP contribution in [0.4, 0.5) is 0 Å². The molecule has 2 fully saturated rings. The van der Waals surface area contributed by atoms with E-state index in [4.69, 9.17) is 0 Å². The van der Waals surface area contributed by atoms with Crippen LogP contribution >= 0.6 is 0 Å². The quantitative estimate of drug-likeness (QED) is 0.599. The fourth-order valence-corrected chi connectivity index (χ4v) is 3.83. The lowest BCUT2D eigenvalue weighted by Crippen LogP contribution is -2.22. The van der Waals surface area contributed by atoms with Gasteiger partial charge in [-0.3, -0.25) is 4.79 Å². The fourth-order valence-electron chi connectivity index (χ4n) is 3.83. The summed E-state index contributed by atoms with van der Waals surface area (Å²) in [5, 5.41) is 0. The van der Waals surface area contributed by atoms with E-state index in [1.807, 2.05) is 0 Å². The molecule has 0 unspecified atom stereocenters. The second kappa shape index (κ2) is 3.32. The minimum absolute atomic E-state index is 0.0392. The highest BCUT2D eigenvalue weighted by Gasteiger charge is 2.50. The van der Waals surface area contributed by atoms with Gasteiger partial charge in [0.15, 0.2) is 5.78 Å². The van der Waals surface area contributed by atoms with E-state index in [9.17, 15) is 4.79 Å². The molecule has 0 aromatic heterocycles. The third-order valence-corrected chi connectivity index (χ3v) is 4.90. The first kappa shape index (κ1) is 10.3. The molecule has 86 valence electrons. The normalized spacial score (nSPS) is 28.2. The van der Waals surface area contributed by atoms with Gasteiger partial charge in [0.05, 0.1) is 0 Å². The van der Waals surface area contributed by atoms with Crippen molar-refractivity contribution in [3.8, 4) is 0 Å². The van der Waals surface area contributed by atoms with Crippen LogP contribution in [-0.4, -0.2) is 5.78 Å². The van der Waals surface area contributed by atoms with E-state index in [0.717, 1.165) is 31.3 Å². The molecule has 0 radical (unpaired) electrons. The molecule has 0 aliphatic heterocycles. The van der Waals surface area contributed by atoms with E-state index in [0.29, 0.717) is 5.78 Å². The summed E-state index contributed by atoms with van der Waals surface area (Å²) in [5.74, 6) is 0.497. The van der Waals surface area contributed by atoms with E-state index in [-0.39, 0.29) is 5.41 Å². The predicted octanol–water partition coefficient (Wildman–Crippen LogP) is 3.95. The first-order chi connectivity index (χ1) is 7.64. The van der Waals surface area contributed by atoms with Crippen LogP contribution in [-0.2, 0) is 4.79 Å². The average molecular weight is 216 g/mol. The summed E-state index contributed by atoms with van der Waals surface area (Å²) in [4.78, 5) is 12.6. The number of rotatable bonds is 0. The zero-order valence-corrected chi connectivity index (χ0v) is 10.4. The molecule has 16 heavy (non-hydrogen) atoms. The molecule has 0 heterocycles. The number of Topliss-reactive ketones (excluding diaryl/α,β-unsaturated/α-hetero) is 1. The van der Waals surface area contributed by atoms with Crippen molar-refractivity contribution in [1.29, 1.82) is 0 Å². The molecule has 0 saturated heterocycles. The minimum atomic E-state index is 0.0392. The summed E-state index contributed by atoms with van der Waals surface area (Å²) in [6.07, 6.45) is 8.12. The van der Waals surface area contributed by atoms with Crippen LogP contribution < -0.4 is 0 Å². The Kier molecular flexibility index (Phi) is 2.14. The first-order valence-electron chi connectivity index (χ1n) is 6.58. The molecule has 1 heteroatoms. The summed E-state index contributed by atoms with van der Waals surface area (Å²) >= 11 is 0. The molecule has 3 rings (SSSR count). The molecular weight excluding hydrogens is 196 g/mol. The van der Waals surface area contributed by atoms with Gasteiger partial charge < -0.3 is 0 Å². The van der Waals surface area contributed by atoms with Crippen LogP contribution in [0.5, 0.6) is 0 Å². The van der Waals surface area contributed by atoms with Crippen LogP contribution in [0, 0.1) is 5.41 Å². The largest absolute Gasteiger partial charge is 0.294 e. The van der Waals surface area contributed by atoms with E-state index in [2.05, 4.69) is 13.8 Å². The Balaban J connectivity index is 2.12. The molecule has 0 aromatic rings. The van der Waals surface area contributed by atoms with Crippen molar-refractivity contribution in [1.82, 2.24) is 0 Å². The van der Waals surface area contributed by atoms with Gasteiger partial charge in [0, 0.05) is 11.0 Å². The van der Waals surface area contributed by atoms with Crippen molar-refractivity contribution < 1.29 is 4.79 Å². The molecule has 3 aliphatic rings. The van der Waals surface area contributed by atoms with Crippen LogP contribution in [0.2, 0.25) is 0 Å². The van der Waals surface area contributed by atoms with Crippen molar-refractivity contribution >= 4 is 5.78 Å². The maximum atomic E-state index is 12.6. The van der Waals surface area contributed by atoms with E-state index in [1.54, 1.807) is 0 Å². The highest BCUT2D eigenvalue weighted by Crippen LogP contribution is 2.55. The number of carbonyl (C=O) groups is 1. The maximum Gasteiger partial charge on any atom is 0.169 e. The molecule has 1 spiro atoms. The first-order valence-corrected chi connectivity index (χ1v) is 6.58. The van der Waals surface area contributed by atoms with Gasteiger partial charge in [0.1, 0.15) is 0 Å². The number of ketones is 1. The van der Waals surface area contributed by atoms with Crippen LogP contribution in [0.1, 0.15) is 58.8 Å². The smallest absolute Gasteiger partial charge is 0.169 e. The molecule has 3 aliphatic carbocycles. The van der Waals surface area contributed by atoms with Crippen LogP contribution in [0.3, 0.4) is 0 Å². The van der Waals surface area contributed by atoms with Gasteiger partial charge in [0.2, 0.25) is 0 Å². The van der Waals surface area contributed by atoms with Crippen molar-refractivity contribution in [2.45, 2.75) is 58.8 Å². The summed E-state index contributed by atoms with van der Waals surface area (Å²) in [6.45, 7) is 4.39. The molecule has 0 atom stereocenters. The zero-order chi connectivity index (χ0) is 11.3. The average Bonchev–Trinajstić information content (AvgIpc) is 2.83. The Morgan fingerprint density at radius 1 is 1.00 bits per heavy atom. The Labute approximate surface area is 97.6 Å². The minimum Gasteiger partial charge on any atom is -0.294 e. The second-order valence-electron chi connectivity index (χ2n) is 5.91. The highest BCUT2D eigenvalue weighted by atomic mass is 16.1. The maximum absolute atomic E-state index is 12.6. The molecule has 0 N–H and O–H groups in total. The summed E-state index contributed by atoms with van der Waals surface area (Å²) in [6, 6.07) is 0. The van der Waals surface area contributed by atoms with Gasteiger partial charge in [-0.25, -0.2) is 0 Å². The van der Waals surface area contributed by atoms with Crippen LogP contribution in [0.25, 0.3) is 0 Å². The summed E-state index contributed by atoms with van der Waals surface area (Å²) in [7, 11) is 0. The number of hydrogen-bond acceptors (Lipinski definition) is 1. The monoisotopic (exact) mass is 216 g/mol. The zero-order valence-electron chi connectivity index (χ0n) is 10.4. The molecule has 0 amide bonds. The number of carbonyl (C=O) groups excluding carboxylic acids is 1. The highest BCUT2D eigenvalue weighted by molar-refractivity contribution is 6.08. The lowest BCUT2D eigenvalue weighted by atomic mass is 9.83. The topological polar surface area (TPSA) is 17.1 Å². The van der Waals surface area contributed by atoms with Gasteiger partial charge >= 0.3 is 0 Å². The third kappa shape index (κ3) is 1.20. The second-order valence-corrected chi connectivity index (χ2v) is 5.91. The predicted molar refractivity (Wildman–Crippen MR) is 65.2 cm³/mol. The van der Waals surface area contributed by atoms with Crippen molar-refractivity contribution in [2.75, 3.05) is 0 Å². The lowest BCUT2D eigenvalue weighted by Gasteiger charge is -2.18. The lowest BCUT2D eigenvalue weighted by molar-refractivity contribution is -0.122. The Bertz CT molecular complexity index is 417. The van der Waals surface area contributed by atoms with E-state index >= 15 is 0 Å². The Hall–Kier alpha value is -0.850. The molecule has 0 aromatic carbocycles. The molecule has 0 bridgehead atoms. The van der Waals surface area contributed by atoms with Crippen molar-refractivity contribution in [3.05, 3.63) is 22.3 Å². The van der Waals surface area contributed by atoms with Gasteiger partial charge in [-0.15, -0.1) is 0 Å². The number of fused-ring (bicyclic) bond motifs is 1. The fraction of sp³-hybridized carbons (Fsp3) is 0.667. The van der Waals surface area contributed by atoms with Crippen LogP contribution in [0.15, 0.2) is 22.3 Å². The van der Waals surface area contributed by atoms with Gasteiger partial charge in [-0.05, 0) is 51.5 Å². The molecule has 2 saturated carbocycles. The van der Waals surface area contributed by atoms with E-state index < -0.39 is 0 Å². The summed E-state index contributed by atoms with van der Waals surface area (Å²) < 4.78 is 0. The van der Waals surface area contributed by atoms with Crippen molar-refractivity contribution in [3.63, 3.8) is 0 Å². The number of allylic oxidation sites excluding steroid dienone is 4. The molecular formula is C15H20O. The number of hydrogen-bond donors (Lipinski definition) is 0. The van der Waals surface area contributed by atoms with E-state index in [1.165, 1.54) is 36.0 Å². The Morgan fingerprint density at radius 3 is 2.25 bits per heavy atom. The SMILES string of the molecule is CC1=C2CC3(CCCC3)C(=O)C2=C(C)CC1. The Morgan fingerprint density at radius 2 is 1.62 bits per heavy atom. The van der Waals surface area contributed by atoms with Gasteiger partial charge in [0.25, 0.3) is 0 Å². The van der Waals surface area contributed by atoms with Gasteiger partial charge in [-0.2, -0.15) is 0 Å². The standard InChI is InChI=1S/C15H20O/c1-10-5-6-11(2)13-12(10)9-15(14(13)16)7-3-4-8-15/h3-9H2,1-2H3. The third-order valence-electron chi connectivity index (χ3n) is 4.90. The van der Waals surface area contributed by atoms with Crippen molar-refractivity contribution in [2.24, 2.45) is 5.41 Å². The van der Waals surface area contributed by atoms with Gasteiger partial charge in [-0.1, -0.05) is 24.0 Å².